The minimum atomic E-state index is -1.01. The lowest BCUT2D eigenvalue weighted by Gasteiger charge is -2.26. The Morgan fingerprint density at radius 3 is 2.72 bits per heavy atom. The number of likely N-dealkylation sites (tertiary alicyclic amines) is 1. The third kappa shape index (κ3) is 5.42. The maximum atomic E-state index is 13.2. The van der Waals surface area contributed by atoms with Crippen LogP contribution in [0.15, 0.2) is 18.2 Å². The highest BCUT2D eigenvalue weighted by Crippen LogP contribution is 2.19. The molecule has 7 nitrogen and oxygen atoms in total. The molecule has 0 saturated carbocycles. The van der Waals surface area contributed by atoms with Crippen molar-refractivity contribution in [2.45, 2.75) is 18.9 Å². The summed E-state index contributed by atoms with van der Waals surface area (Å²) >= 11 is 0. The fourth-order valence-corrected chi connectivity index (χ4v) is 3.79. The van der Waals surface area contributed by atoms with E-state index in [0.717, 1.165) is 38.1 Å². The van der Waals surface area contributed by atoms with Gasteiger partial charge in [-0.3, -0.25) is 14.5 Å². The van der Waals surface area contributed by atoms with Crippen molar-refractivity contribution in [1.29, 1.82) is 0 Å². The summed E-state index contributed by atoms with van der Waals surface area (Å²) in [6, 6.07) is 3.04. The van der Waals surface area contributed by atoms with Crippen LogP contribution >= 0.6 is 0 Å². The molecule has 0 N–H and O–H groups in total. The Balaban J connectivity index is 1.48. The lowest BCUT2D eigenvalue weighted by Crippen LogP contribution is -2.44. The predicted molar refractivity (Wildman–Crippen MR) is 101 cm³/mol. The van der Waals surface area contributed by atoms with E-state index in [-0.39, 0.29) is 30.2 Å². The first-order valence-electron chi connectivity index (χ1n) is 9.87. The van der Waals surface area contributed by atoms with Crippen LogP contribution in [0.4, 0.5) is 8.78 Å². The number of nitrogens with zero attached hydrogens (tertiary/aromatic N) is 3. The average molecular weight is 411 g/mol. The average Bonchev–Trinajstić information content (AvgIpc) is 2.92. The molecule has 0 bridgehead atoms. The van der Waals surface area contributed by atoms with Gasteiger partial charge in [-0.05, 0) is 25.0 Å². The number of hydrogen-bond acceptors (Lipinski definition) is 5. The standard InChI is InChI=1S/C20H27F2N3O4/c1-28-12-11-25-8-5-18(20(25)27)23-6-2-7-24(10-9-23)19(26)14-29-15-3-4-16(21)17(22)13-15/h3-4,13,18H,2,5-12,14H2,1H3. The molecule has 29 heavy (non-hydrogen) atoms. The minimum Gasteiger partial charge on any atom is -0.484 e. The normalized spacial score (nSPS) is 20.8. The Labute approximate surface area is 169 Å². The monoisotopic (exact) mass is 411 g/mol. The molecule has 1 aromatic rings. The first-order valence-corrected chi connectivity index (χ1v) is 9.87. The number of ether oxygens (including phenoxy) is 2. The Morgan fingerprint density at radius 1 is 1.14 bits per heavy atom. The van der Waals surface area contributed by atoms with Crippen molar-refractivity contribution in [3.8, 4) is 5.75 Å². The first-order chi connectivity index (χ1) is 14.0. The molecule has 0 spiro atoms. The molecule has 1 unspecified atom stereocenters. The zero-order valence-corrected chi connectivity index (χ0v) is 16.6. The van der Waals surface area contributed by atoms with Crippen LogP contribution in [0.1, 0.15) is 12.8 Å². The molecule has 1 aromatic carbocycles. The second kappa shape index (κ2) is 9.98. The van der Waals surface area contributed by atoms with Crippen molar-refractivity contribution in [3.05, 3.63) is 29.8 Å². The zero-order valence-electron chi connectivity index (χ0n) is 16.6. The fraction of sp³-hybridized carbons (Fsp3) is 0.600. The molecule has 9 heteroatoms. The lowest BCUT2D eigenvalue weighted by atomic mass is 10.2. The first kappa shape index (κ1) is 21.4. The number of benzene rings is 1. The highest BCUT2D eigenvalue weighted by atomic mass is 19.2. The van der Waals surface area contributed by atoms with Crippen molar-refractivity contribution < 1.29 is 27.8 Å². The van der Waals surface area contributed by atoms with Gasteiger partial charge in [0.25, 0.3) is 5.91 Å². The van der Waals surface area contributed by atoms with E-state index in [4.69, 9.17) is 9.47 Å². The number of amides is 2. The van der Waals surface area contributed by atoms with Gasteiger partial charge in [-0.2, -0.15) is 0 Å². The second-order valence-electron chi connectivity index (χ2n) is 7.26. The van der Waals surface area contributed by atoms with Crippen molar-refractivity contribution in [1.82, 2.24) is 14.7 Å². The number of rotatable bonds is 7. The van der Waals surface area contributed by atoms with E-state index < -0.39 is 11.6 Å². The van der Waals surface area contributed by atoms with Gasteiger partial charge in [0.1, 0.15) is 5.75 Å². The van der Waals surface area contributed by atoms with Crippen LogP contribution in [0, 0.1) is 11.6 Å². The van der Waals surface area contributed by atoms with Crippen LogP contribution in [-0.2, 0) is 14.3 Å². The van der Waals surface area contributed by atoms with Crippen LogP contribution < -0.4 is 4.74 Å². The second-order valence-corrected chi connectivity index (χ2v) is 7.26. The molecule has 2 fully saturated rings. The molecule has 0 aromatic heterocycles. The van der Waals surface area contributed by atoms with Gasteiger partial charge >= 0.3 is 0 Å². The number of halogens is 2. The Kier molecular flexibility index (Phi) is 7.38. The van der Waals surface area contributed by atoms with E-state index in [1.807, 2.05) is 4.90 Å². The summed E-state index contributed by atoms with van der Waals surface area (Å²) in [5, 5.41) is 0. The molecule has 3 rings (SSSR count). The third-order valence-electron chi connectivity index (χ3n) is 5.41. The summed E-state index contributed by atoms with van der Waals surface area (Å²) in [7, 11) is 1.62. The van der Waals surface area contributed by atoms with Gasteiger partial charge in [0.2, 0.25) is 5.91 Å². The summed E-state index contributed by atoms with van der Waals surface area (Å²) in [4.78, 5) is 30.8. The summed E-state index contributed by atoms with van der Waals surface area (Å²) in [5.41, 5.74) is 0. The van der Waals surface area contributed by atoms with Gasteiger partial charge in [0.15, 0.2) is 18.2 Å². The molecule has 0 aliphatic carbocycles. The molecule has 0 radical (unpaired) electrons. The van der Waals surface area contributed by atoms with E-state index in [1.165, 1.54) is 6.07 Å². The maximum Gasteiger partial charge on any atom is 0.260 e. The van der Waals surface area contributed by atoms with E-state index in [9.17, 15) is 18.4 Å². The molecular weight excluding hydrogens is 384 g/mol. The topological polar surface area (TPSA) is 62.3 Å². The molecule has 2 aliphatic rings. The maximum absolute atomic E-state index is 13.2. The number of hydrogen-bond donors (Lipinski definition) is 0. The van der Waals surface area contributed by atoms with Gasteiger partial charge in [0, 0.05) is 52.4 Å². The highest BCUT2D eigenvalue weighted by Gasteiger charge is 2.36. The summed E-state index contributed by atoms with van der Waals surface area (Å²) in [6.45, 7) is 4.07. The van der Waals surface area contributed by atoms with Crippen LogP contribution in [0.2, 0.25) is 0 Å². The smallest absolute Gasteiger partial charge is 0.260 e. The third-order valence-corrected chi connectivity index (χ3v) is 5.41. The van der Waals surface area contributed by atoms with Crippen molar-refractivity contribution in [3.63, 3.8) is 0 Å². The molecule has 2 heterocycles. The minimum absolute atomic E-state index is 0.112. The Hall–Kier alpha value is -2.26. The van der Waals surface area contributed by atoms with Gasteiger partial charge in [-0.25, -0.2) is 8.78 Å². The van der Waals surface area contributed by atoms with Crippen LogP contribution in [0.25, 0.3) is 0 Å². The molecule has 160 valence electrons. The molecule has 1 atom stereocenters. The highest BCUT2D eigenvalue weighted by molar-refractivity contribution is 5.84. The quantitative estimate of drug-likeness (QED) is 0.673. The Morgan fingerprint density at radius 2 is 1.97 bits per heavy atom. The summed E-state index contributed by atoms with van der Waals surface area (Å²) < 4.78 is 36.6. The van der Waals surface area contributed by atoms with E-state index in [0.29, 0.717) is 32.8 Å². The zero-order chi connectivity index (χ0) is 20.8. The van der Waals surface area contributed by atoms with Crippen molar-refractivity contribution in [2.24, 2.45) is 0 Å². The van der Waals surface area contributed by atoms with Crippen molar-refractivity contribution >= 4 is 11.8 Å². The van der Waals surface area contributed by atoms with Crippen molar-refractivity contribution in [2.75, 3.05) is 59.6 Å². The van der Waals surface area contributed by atoms with Crippen LogP contribution in [0.5, 0.6) is 5.75 Å². The fourth-order valence-electron chi connectivity index (χ4n) is 3.79. The number of carbonyl (C=O) groups is 2. The van der Waals surface area contributed by atoms with Crippen LogP contribution in [-0.4, -0.2) is 92.1 Å². The molecule has 2 saturated heterocycles. The number of methoxy groups -OCH3 is 1. The van der Waals surface area contributed by atoms with E-state index in [1.54, 1.807) is 12.0 Å². The summed E-state index contributed by atoms with van der Waals surface area (Å²) in [6.07, 6.45) is 1.55. The van der Waals surface area contributed by atoms with E-state index in [2.05, 4.69) is 4.90 Å². The molecular formula is C20H27F2N3O4. The predicted octanol–water partition coefficient (Wildman–Crippen LogP) is 1.13. The van der Waals surface area contributed by atoms with Crippen LogP contribution in [0.3, 0.4) is 0 Å². The van der Waals surface area contributed by atoms with Gasteiger partial charge in [-0.15, -0.1) is 0 Å². The number of carbonyl (C=O) groups excluding carboxylic acids is 2. The summed E-state index contributed by atoms with van der Waals surface area (Å²) in [5.74, 6) is -1.94. The van der Waals surface area contributed by atoms with Gasteiger partial charge in [0.05, 0.1) is 12.6 Å². The molecule has 2 aliphatic heterocycles. The van der Waals surface area contributed by atoms with E-state index >= 15 is 0 Å². The Bertz CT molecular complexity index is 734. The van der Waals surface area contributed by atoms with Gasteiger partial charge < -0.3 is 19.3 Å². The molecule has 2 amide bonds. The largest absolute Gasteiger partial charge is 0.484 e. The SMILES string of the molecule is COCCN1CCC(N2CCCN(C(=O)COc3ccc(F)c(F)c3)CC2)C1=O. The lowest BCUT2D eigenvalue weighted by molar-refractivity contribution is -0.133. The van der Waals surface area contributed by atoms with Gasteiger partial charge in [-0.1, -0.05) is 0 Å².